The molecule has 3 heterocycles. The molecular formula is C18H25N7O. The van der Waals surface area contributed by atoms with Crippen LogP contribution in [0.1, 0.15) is 66.9 Å². The van der Waals surface area contributed by atoms with Gasteiger partial charge in [-0.2, -0.15) is 10.2 Å². The summed E-state index contributed by atoms with van der Waals surface area (Å²) in [4.78, 5) is 17.0. The quantitative estimate of drug-likeness (QED) is 0.680. The number of aromatic amines is 1. The summed E-state index contributed by atoms with van der Waals surface area (Å²) in [5, 5.41) is 14.3. The molecule has 3 aromatic rings. The van der Waals surface area contributed by atoms with Crippen LogP contribution in [0.2, 0.25) is 0 Å². The lowest BCUT2D eigenvalue weighted by atomic mass is 10.1. The van der Waals surface area contributed by atoms with Crippen LogP contribution in [0, 0.1) is 0 Å². The van der Waals surface area contributed by atoms with Crippen LogP contribution in [0.3, 0.4) is 0 Å². The van der Waals surface area contributed by atoms with E-state index in [4.69, 9.17) is 0 Å². The molecule has 0 fully saturated rings. The zero-order chi connectivity index (χ0) is 18.7. The van der Waals surface area contributed by atoms with Crippen LogP contribution in [-0.2, 0) is 13.6 Å². The van der Waals surface area contributed by atoms with E-state index >= 15 is 0 Å². The Hall–Kier alpha value is -2.90. The number of imidazole rings is 1. The van der Waals surface area contributed by atoms with Gasteiger partial charge in [0.1, 0.15) is 11.5 Å². The number of nitrogens with one attached hydrogen (secondary N) is 2. The Bertz CT molecular complexity index is 874. The Morgan fingerprint density at radius 3 is 2.81 bits per heavy atom. The predicted molar refractivity (Wildman–Crippen MR) is 97.7 cm³/mol. The molecule has 0 aliphatic carbocycles. The number of hydrogen-bond acceptors (Lipinski definition) is 4. The fourth-order valence-corrected chi connectivity index (χ4v) is 3.04. The van der Waals surface area contributed by atoms with Gasteiger partial charge in [-0.1, -0.05) is 20.8 Å². The fourth-order valence-electron chi connectivity index (χ4n) is 3.04. The van der Waals surface area contributed by atoms with Crippen molar-refractivity contribution in [2.45, 2.75) is 45.7 Å². The molecule has 26 heavy (non-hydrogen) atoms. The number of nitrogens with zero attached hydrogens (tertiary/aromatic N) is 5. The molecule has 8 heteroatoms. The molecule has 138 valence electrons. The van der Waals surface area contributed by atoms with Crippen molar-refractivity contribution in [2.75, 3.05) is 0 Å². The number of amides is 1. The van der Waals surface area contributed by atoms with Gasteiger partial charge in [-0.3, -0.25) is 14.6 Å². The molecule has 0 aromatic carbocycles. The van der Waals surface area contributed by atoms with E-state index in [2.05, 4.69) is 44.0 Å². The van der Waals surface area contributed by atoms with Gasteiger partial charge in [0.05, 0.1) is 24.0 Å². The number of aromatic nitrogens is 6. The van der Waals surface area contributed by atoms with E-state index in [9.17, 15) is 4.79 Å². The molecule has 0 radical (unpaired) electrons. The van der Waals surface area contributed by atoms with Gasteiger partial charge in [0.2, 0.25) is 0 Å². The fraction of sp³-hybridized carbons (Fsp3) is 0.444. The Morgan fingerprint density at radius 2 is 2.15 bits per heavy atom. The highest BCUT2D eigenvalue weighted by atomic mass is 16.2. The largest absolute Gasteiger partial charge is 0.342 e. The molecule has 0 saturated heterocycles. The van der Waals surface area contributed by atoms with Crippen molar-refractivity contribution in [2.24, 2.45) is 7.05 Å². The minimum absolute atomic E-state index is 0.101. The maximum absolute atomic E-state index is 12.6. The van der Waals surface area contributed by atoms with E-state index in [-0.39, 0.29) is 11.9 Å². The van der Waals surface area contributed by atoms with E-state index in [0.29, 0.717) is 18.2 Å². The first-order valence-electron chi connectivity index (χ1n) is 8.83. The van der Waals surface area contributed by atoms with E-state index < -0.39 is 0 Å². The number of aryl methyl sites for hydroxylation is 1. The molecule has 0 bridgehead atoms. The average Bonchev–Trinajstić information content (AvgIpc) is 3.34. The highest BCUT2D eigenvalue weighted by Gasteiger charge is 2.19. The normalized spacial score (nSPS) is 12.5. The molecule has 0 spiro atoms. The molecule has 3 aromatic heterocycles. The van der Waals surface area contributed by atoms with Crippen LogP contribution in [-0.4, -0.2) is 35.4 Å². The second-order valence-corrected chi connectivity index (χ2v) is 6.66. The van der Waals surface area contributed by atoms with Crippen molar-refractivity contribution < 1.29 is 4.79 Å². The third-order valence-electron chi connectivity index (χ3n) is 4.40. The number of rotatable bonds is 7. The highest BCUT2D eigenvalue weighted by molar-refractivity contribution is 5.92. The first-order valence-corrected chi connectivity index (χ1v) is 8.83. The summed E-state index contributed by atoms with van der Waals surface area (Å²) in [6, 6.07) is 3.60. The van der Waals surface area contributed by atoms with Gasteiger partial charge in [0.25, 0.3) is 5.91 Å². The maximum atomic E-state index is 12.6. The predicted octanol–water partition coefficient (Wildman–Crippen LogP) is 2.39. The zero-order valence-electron chi connectivity index (χ0n) is 15.6. The monoisotopic (exact) mass is 355 g/mol. The Balaban J connectivity index is 1.70. The zero-order valence-corrected chi connectivity index (χ0v) is 15.6. The lowest BCUT2D eigenvalue weighted by molar-refractivity contribution is 0.0929. The molecule has 2 N–H and O–H groups in total. The van der Waals surface area contributed by atoms with Gasteiger partial charge >= 0.3 is 0 Å². The molecule has 0 aliphatic heterocycles. The van der Waals surface area contributed by atoms with Crippen LogP contribution in [0.15, 0.2) is 30.7 Å². The lowest BCUT2D eigenvalue weighted by Crippen LogP contribution is -2.29. The lowest BCUT2D eigenvalue weighted by Gasteiger charge is -2.16. The van der Waals surface area contributed by atoms with Gasteiger partial charge in [0, 0.05) is 31.6 Å². The molecule has 8 nitrogen and oxygen atoms in total. The number of carbonyl (C=O) groups is 1. The van der Waals surface area contributed by atoms with E-state index in [1.165, 1.54) is 0 Å². The first kappa shape index (κ1) is 17.9. The first-order chi connectivity index (χ1) is 12.5. The highest BCUT2D eigenvalue weighted by Crippen LogP contribution is 2.17. The second-order valence-electron chi connectivity index (χ2n) is 6.66. The van der Waals surface area contributed by atoms with Crippen molar-refractivity contribution in [3.05, 3.63) is 53.6 Å². The summed E-state index contributed by atoms with van der Waals surface area (Å²) in [6.07, 6.45) is 6.23. The molecule has 3 rings (SSSR count). The summed E-state index contributed by atoms with van der Waals surface area (Å²) in [5.74, 6) is 1.14. The van der Waals surface area contributed by atoms with E-state index in [0.717, 1.165) is 23.6 Å². The molecule has 1 unspecified atom stereocenters. The van der Waals surface area contributed by atoms with E-state index in [1.807, 2.05) is 26.2 Å². The minimum Gasteiger partial charge on any atom is -0.342 e. The van der Waals surface area contributed by atoms with Crippen molar-refractivity contribution in [3.63, 3.8) is 0 Å². The standard InChI is InChI=1S/C18H25N7O/c1-5-14(16-6-7-20-24(16)4)21-18(26)15-10-13(22-23-15)11-25-9-8-19-17(25)12(2)3/h6-10,12,14H,5,11H2,1-4H3,(H,21,26)(H,22,23). The summed E-state index contributed by atoms with van der Waals surface area (Å²) < 4.78 is 3.83. The van der Waals surface area contributed by atoms with Crippen LogP contribution < -0.4 is 5.32 Å². The van der Waals surface area contributed by atoms with Crippen molar-refractivity contribution in [1.29, 1.82) is 0 Å². The van der Waals surface area contributed by atoms with Gasteiger partial charge in [-0.15, -0.1) is 0 Å². The summed E-state index contributed by atoms with van der Waals surface area (Å²) in [5.41, 5.74) is 2.21. The van der Waals surface area contributed by atoms with Crippen LogP contribution >= 0.6 is 0 Å². The third-order valence-corrected chi connectivity index (χ3v) is 4.40. The smallest absolute Gasteiger partial charge is 0.272 e. The molecule has 0 aliphatic rings. The topological polar surface area (TPSA) is 93.4 Å². The average molecular weight is 355 g/mol. The second kappa shape index (κ2) is 7.55. The maximum Gasteiger partial charge on any atom is 0.272 e. The van der Waals surface area contributed by atoms with Crippen molar-refractivity contribution in [1.82, 2.24) is 34.8 Å². The minimum atomic E-state index is -0.199. The van der Waals surface area contributed by atoms with Crippen LogP contribution in [0.4, 0.5) is 0 Å². The molecular weight excluding hydrogens is 330 g/mol. The Labute approximate surface area is 152 Å². The van der Waals surface area contributed by atoms with Crippen molar-refractivity contribution >= 4 is 5.91 Å². The van der Waals surface area contributed by atoms with E-state index in [1.54, 1.807) is 23.1 Å². The van der Waals surface area contributed by atoms with Gasteiger partial charge in [-0.05, 0) is 18.6 Å². The molecule has 1 atom stereocenters. The Kier molecular flexibility index (Phi) is 5.20. The number of hydrogen-bond donors (Lipinski definition) is 2. The summed E-state index contributed by atoms with van der Waals surface area (Å²) >= 11 is 0. The molecule has 1 amide bonds. The SMILES string of the molecule is CCC(NC(=O)c1cc(Cn2ccnc2C(C)C)[nH]n1)c1ccnn1C. The van der Waals surface area contributed by atoms with Crippen LogP contribution in [0.25, 0.3) is 0 Å². The third kappa shape index (κ3) is 3.68. The van der Waals surface area contributed by atoms with Gasteiger partial charge in [0.15, 0.2) is 0 Å². The number of carbonyl (C=O) groups excluding carboxylic acids is 1. The van der Waals surface area contributed by atoms with Crippen LogP contribution in [0.5, 0.6) is 0 Å². The van der Waals surface area contributed by atoms with Crippen molar-refractivity contribution in [3.8, 4) is 0 Å². The molecule has 0 saturated carbocycles. The summed E-state index contributed by atoms with van der Waals surface area (Å²) in [6.45, 7) is 6.84. The van der Waals surface area contributed by atoms with Gasteiger partial charge in [-0.25, -0.2) is 4.98 Å². The van der Waals surface area contributed by atoms with Gasteiger partial charge < -0.3 is 9.88 Å². The Morgan fingerprint density at radius 1 is 1.35 bits per heavy atom. The summed E-state index contributed by atoms with van der Waals surface area (Å²) in [7, 11) is 1.87. The number of H-pyrrole nitrogens is 1.